The number of alkyl halides is 2. The van der Waals surface area contributed by atoms with Crippen LogP contribution in [0.25, 0.3) is 0 Å². The Labute approximate surface area is 79.5 Å². The van der Waals surface area contributed by atoms with Crippen molar-refractivity contribution < 1.29 is 18.3 Å². The van der Waals surface area contributed by atoms with Crippen LogP contribution in [-0.4, -0.2) is 12.6 Å². The summed E-state index contributed by atoms with van der Waals surface area (Å²) in [4.78, 5) is 10.8. The molecule has 0 aliphatic carbocycles. The average Bonchev–Trinajstić information content (AvgIpc) is 2.07. The second-order valence-corrected chi connectivity index (χ2v) is 2.67. The minimum Gasteiger partial charge on any atom is -0.403 e. The molecule has 0 radical (unpaired) electrons. The van der Waals surface area contributed by atoms with Gasteiger partial charge in [0.2, 0.25) is 0 Å². The van der Waals surface area contributed by atoms with Crippen LogP contribution in [0.1, 0.15) is 5.56 Å². The minimum atomic E-state index is -3.06. The molecule has 0 fully saturated rings. The molecule has 0 aromatic heterocycles. The second-order valence-electron chi connectivity index (χ2n) is 2.67. The largest absolute Gasteiger partial charge is 0.403 e. The zero-order valence-corrected chi connectivity index (χ0v) is 7.24. The normalized spacial score (nSPS) is 10.2. The van der Waals surface area contributed by atoms with E-state index in [1.54, 1.807) is 24.3 Å². The van der Waals surface area contributed by atoms with Crippen LogP contribution in [0.15, 0.2) is 24.3 Å². The number of nitrogen functional groups attached to an aromatic ring is 1. The predicted octanol–water partition coefficient (Wildman–Crippen LogP) is 1.58. The molecule has 0 saturated heterocycles. The first-order chi connectivity index (χ1) is 6.58. The molecule has 0 spiro atoms. The number of halogens is 2. The van der Waals surface area contributed by atoms with Crippen LogP contribution in [0.5, 0.6) is 0 Å². The van der Waals surface area contributed by atoms with Crippen LogP contribution in [0.2, 0.25) is 0 Å². The van der Waals surface area contributed by atoms with E-state index in [0.29, 0.717) is 11.3 Å². The van der Waals surface area contributed by atoms with Crippen molar-refractivity contribution in [2.75, 3.05) is 5.73 Å². The van der Waals surface area contributed by atoms with Crippen molar-refractivity contribution >= 4 is 11.7 Å². The third-order valence-electron chi connectivity index (χ3n) is 1.55. The van der Waals surface area contributed by atoms with Crippen molar-refractivity contribution in [3.8, 4) is 0 Å². The Morgan fingerprint density at radius 2 is 1.93 bits per heavy atom. The molecule has 0 bridgehead atoms. The summed E-state index contributed by atoms with van der Waals surface area (Å²) < 4.78 is 26.9. The van der Waals surface area contributed by atoms with E-state index in [2.05, 4.69) is 4.74 Å². The molecule has 2 N–H and O–H groups in total. The Morgan fingerprint density at radius 1 is 1.36 bits per heavy atom. The van der Waals surface area contributed by atoms with Gasteiger partial charge in [0.15, 0.2) is 0 Å². The van der Waals surface area contributed by atoms with Gasteiger partial charge in [-0.15, -0.1) is 0 Å². The van der Waals surface area contributed by atoms with Crippen LogP contribution in [0.3, 0.4) is 0 Å². The smallest absolute Gasteiger partial charge is 0.389 e. The van der Waals surface area contributed by atoms with Crippen molar-refractivity contribution in [3.05, 3.63) is 29.8 Å². The Morgan fingerprint density at radius 3 is 2.43 bits per heavy atom. The molecular formula is C9H9F2NO2. The number of hydrogen-bond donors (Lipinski definition) is 1. The molecule has 1 aromatic rings. The molecule has 1 rings (SSSR count). The van der Waals surface area contributed by atoms with Crippen molar-refractivity contribution in [1.29, 1.82) is 0 Å². The standard InChI is InChI=1S/C9H9F2NO2/c10-9(11)14-8(13)5-6-1-3-7(12)4-2-6/h1-4,9H,5,12H2. The van der Waals surface area contributed by atoms with Crippen LogP contribution in [0, 0.1) is 0 Å². The number of rotatable bonds is 3. The molecule has 0 atom stereocenters. The average molecular weight is 201 g/mol. The zero-order valence-electron chi connectivity index (χ0n) is 7.24. The lowest BCUT2D eigenvalue weighted by Gasteiger charge is -2.02. The van der Waals surface area contributed by atoms with E-state index in [4.69, 9.17) is 5.73 Å². The summed E-state index contributed by atoms with van der Waals surface area (Å²) in [7, 11) is 0. The van der Waals surface area contributed by atoms with E-state index in [1.165, 1.54) is 0 Å². The van der Waals surface area contributed by atoms with Gasteiger partial charge >= 0.3 is 12.6 Å². The Kier molecular flexibility index (Phi) is 3.39. The fourth-order valence-electron chi connectivity index (χ4n) is 0.943. The van der Waals surface area contributed by atoms with Crippen molar-refractivity contribution in [2.24, 2.45) is 0 Å². The van der Waals surface area contributed by atoms with Gasteiger partial charge in [-0.25, -0.2) is 0 Å². The number of hydrogen-bond acceptors (Lipinski definition) is 3. The summed E-state index contributed by atoms with van der Waals surface area (Å²) in [6, 6.07) is 6.35. The van der Waals surface area contributed by atoms with E-state index in [1.807, 2.05) is 0 Å². The van der Waals surface area contributed by atoms with Gasteiger partial charge < -0.3 is 10.5 Å². The summed E-state index contributed by atoms with van der Waals surface area (Å²) in [5.74, 6) is -0.954. The van der Waals surface area contributed by atoms with Crippen LogP contribution in [0.4, 0.5) is 14.5 Å². The third kappa shape index (κ3) is 3.38. The molecule has 1 aromatic carbocycles. The van der Waals surface area contributed by atoms with Gasteiger partial charge in [-0.05, 0) is 17.7 Å². The molecule has 0 aliphatic heterocycles. The molecule has 0 aliphatic rings. The Balaban J connectivity index is 2.52. The molecule has 0 unspecified atom stereocenters. The van der Waals surface area contributed by atoms with Gasteiger partial charge in [0.1, 0.15) is 0 Å². The molecular weight excluding hydrogens is 192 g/mol. The minimum absolute atomic E-state index is 0.176. The highest BCUT2D eigenvalue weighted by Crippen LogP contribution is 2.07. The first-order valence-corrected chi connectivity index (χ1v) is 3.90. The first-order valence-electron chi connectivity index (χ1n) is 3.90. The highest BCUT2D eigenvalue weighted by atomic mass is 19.3. The van der Waals surface area contributed by atoms with Crippen LogP contribution in [-0.2, 0) is 16.0 Å². The maximum absolute atomic E-state index is 11.6. The lowest BCUT2D eigenvalue weighted by atomic mass is 10.1. The van der Waals surface area contributed by atoms with Crippen LogP contribution < -0.4 is 5.73 Å². The summed E-state index contributed by atoms with van der Waals surface area (Å²) in [5.41, 5.74) is 6.54. The lowest BCUT2D eigenvalue weighted by Crippen LogP contribution is -2.11. The van der Waals surface area contributed by atoms with E-state index >= 15 is 0 Å². The van der Waals surface area contributed by atoms with E-state index in [0.717, 1.165) is 0 Å². The molecule has 76 valence electrons. The van der Waals surface area contributed by atoms with Gasteiger partial charge in [-0.3, -0.25) is 4.79 Å². The SMILES string of the molecule is Nc1ccc(CC(=O)OC(F)F)cc1. The number of ether oxygens (including phenoxy) is 1. The predicted molar refractivity (Wildman–Crippen MR) is 46.7 cm³/mol. The molecule has 14 heavy (non-hydrogen) atoms. The van der Waals surface area contributed by atoms with Crippen molar-refractivity contribution in [1.82, 2.24) is 0 Å². The summed E-state index contributed by atoms with van der Waals surface area (Å²) in [5, 5.41) is 0. The number of carbonyl (C=O) groups is 1. The highest BCUT2D eigenvalue weighted by Gasteiger charge is 2.10. The summed E-state index contributed by atoms with van der Waals surface area (Å²) >= 11 is 0. The number of benzene rings is 1. The monoisotopic (exact) mass is 201 g/mol. The number of anilines is 1. The van der Waals surface area contributed by atoms with Gasteiger partial charge in [0.25, 0.3) is 0 Å². The lowest BCUT2D eigenvalue weighted by molar-refractivity contribution is -0.175. The van der Waals surface area contributed by atoms with Gasteiger partial charge in [0.05, 0.1) is 6.42 Å². The first kappa shape index (κ1) is 10.4. The van der Waals surface area contributed by atoms with Crippen molar-refractivity contribution in [2.45, 2.75) is 13.0 Å². The maximum atomic E-state index is 11.6. The van der Waals surface area contributed by atoms with Gasteiger partial charge in [-0.1, -0.05) is 12.1 Å². The zero-order chi connectivity index (χ0) is 10.6. The maximum Gasteiger partial charge on any atom is 0.389 e. The number of nitrogens with two attached hydrogens (primary N) is 1. The van der Waals surface area contributed by atoms with Crippen LogP contribution >= 0.6 is 0 Å². The number of esters is 1. The van der Waals surface area contributed by atoms with Gasteiger partial charge in [0, 0.05) is 5.69 Å². The fourth-order valence-corrected chi connectivity index (χ4v) is 0.943. The molecule has 0 amide bonds. The summed E-state index contributed by atoms with van der Waals surface area (Å²) in [6.07, 6.45) is -0.176. The van der Waals surface area contributed by atoms with E-state index < -0.39 is 12.6 Å². The molecule has 0 saturated carbocycles. The fraction of sp³-hybridized carbons (Fsp3) is 0.222. The second kappa shape index (κ2) is 4.55. The third-order valence-corrected chi connectivity index (χ3v) is 1.55. The van der Waals surface area contributed by atoms with Gasteiger partial charge in [-0.2, -0.15) is 8.78 Å². The quantitative estimate of drug-likeness (QED) is 0.596. The summed E-state index contributed by atoms with van der Waals surface area (Å²) in [6.45, 7) is -3.06. The molecule has 0 heterocycles. The topological polar surface area (TPSA) is 52.3 Å². The highest BCUT2D eigenvalue weighted by molar-refractivity contribution is 5.72. The Bertz CT molecular complexity index is 311. The number of carbonyl (C=O) groups excluding carboxylic acids is 1. The van der Waals surface area contributed by atoms with Crippen molar-refractivity contribution in [3.63, 3.8) is 0 Å². The van der Waals surface area contributed by atoms with E-state index in [9.17, 15) is 13.6 Å². The van der Waals surface area contributed by atoms with E-state index in [-0.39, 0.29) is 6.42 Å². The molecule has 5 heteroatoms. The Hall–Kier alpha value is -1.65. The molecule has 3 nitrogen and oxygen atoms in total.